The zero-order valence-corrected chi connectivity index (χ0v) is 15.3. The van der Waals surface area contributed by atoms with E-state index in [9.17, 15) is 9.59 Å². The summed E-state index contributed by atoms with van der Waals surface area (Å²) in [4.78, 5) is 25.5. The highest BCUT2D eigenvalue weighted by Crippen LogP contribution is 2.47. The number of benzene rings is 2. The molecule has 1 aliphatic rings. The number of hydrogen-bond acceptors (Lipinski definition) is 2. The van der Waals surface area contributed by atoms with Crippen LogP contribution in [-0.2, 0) is 9.59 Å². The van der Waals surface area contributed by atoms with Gasteiger partial charge in [0.2, 0.25) is 11.8 Å². The molecule has 0 bridgehead atoms. The van der Waals surface area contributed by atoms with Gasteiger partial charge in [0.05, 0.1) is 0 Å². The van der Waals surface area contributed by atoms with Crippen molar-refractivity contribution in [1.82, 2.24) is 0 Å². The Morgan fingerprint density at radius 3 is 2.12 bits per heavy atom. The van der Waals surface area contributed by atoms with Crippen molar-refractivity contribution >= 4 is 34.8 Å². The molecule has 0 heterocycles. The van der Waals surface area contributed by atoms with E-state index >= 15 is 0 Å². The third kappa shape index (κ3) is 3.54. The second-order valence-electron chi connectivity index (χ2n) is 6.77. The summed E-state index contributed by atoms with van der Waals surface area (Å²) < 4.78 is 0. The first-order chi connectivity index (χ1) is 11.8. The molecule has 4 nitrogen and oxygen atoms in total. The molecule has 0 aromatic heterocycles. The lowest BCUT2D eigenvalue weighted by Crippen LogP contribution is -2.36. The zero-order valence-electron chi connectivity index (χ0n) is 14.6. The highest BCUT2D eigenvalue weighted by molar-refractivity contribution is 6.30. The van der Waals surface area contributed by atoms with Gasteiger partial charge in [-0.05, 0) is 74.6 Å². The number of hydrogen-bond donors (Lipinski definition) is 2. The van der Waals surface area contributed by atoms with E-state index in [1.807, 2.05) is 39.0 Å². The normalized spacial score (nSPS) is 14.7. The van der Waals surface area contributed by atoms with Gasteiger partial charge in [-0.25, -0.2) is 0 Å². The number of carbonyl (C=O) groups excluding carboxylic acids is 2. The maximum atomic E-state index is 12.7. The van der Waals surface area contributed by atoms with Crippen molar-refractivity contribution < 1.29 is 9.59 Å². The number of carbonyl (C=O) groups is 2. The smallest absolute Gasteiger partial charge is 0.240 e. The third-order valence-electron chi connectivity index (χ3n) is 4.70. The van der Waals surface area contributed by atoms with Crippen molar-refractivity contribution in [3.63, 3.8) is 0 Å². The summed E-state index contributed by atoms with van der Waals surface area (Å²) in [5, 5.41) is 6.41. The maximum absolute atomic E-state index is 12.7. The molecule has 0 saturated heterocycles. The van der Waals surface area contributed by atoms with Gasteiger partial charge < -0.3 is 10.6 Å². The second kappa shape index (κ2) is 6.52. The van der Waals surface area contributed by atoms with E-state index in [-0.39, 0.29) is 11.8 Å². The molecule has 5 heteroatoms. The summed E-state index contributed by atoms with van der Waals surface area (Å²) in [7, 11) is 0. The quantitative estimate of drug-likeness (QED) is 0.785. The average molecular weight is 357 g/mol. The molecule has 0 aliphatic heterocycles. The largest absolute Gasteiger partial charge is 0.325 e. The van der Waals surface area contributed by atoms with Gasteiger partial charge in [-0.3, -0.25) is 9.59 Å². The Bertz CT molecular complexity index is 857. The van der Waals surface area contributed by atoms with Gasteiger partial charge in [-0.15, -0.1) is 0 Å². The SMILES string of the molecule is Cc1ccc(C)c(NC(=O)C2(C(=O)Nc3ccc(Cl)cc3C)CC2)c1. The Morgan fingerprint density at radius 2 is 1.52 bits per heavy atom. The van der Waals surface area contributed by atoms with Crippen LogP contribution in [0.2, 0.25) is 5.02 Å². The van der Waals surface area contributed by atoms with Crippen molar-refractivity contribution in [1.29, 1.82) is 0 Å². The van der Waals surface area contributed by atoms with Crippen LogP contribution in [0, 0.1) is 26.2 Å². The van der Waals surface area contributed by atoms with Crippen molar-refractivity contribution in [2.45, 2.75) is 33.6 Å². The Hall–Kier alpha value is -2.33. The molecular weight excluding hydrogens is 336 g/mol. The number of nitrogens with one attached hydrogen (secondary N) is 2. The fourth-order valence-electron chi connectivity index (χ4n) is 2.80. The summed E-state index contributed by atoms with van der Waals surface area (Å²) in [6, 6.07) is 11.1. The van der Waals surface area contributed by atoms with Crippen LogP contribution in [-0.4, -0.2) is 11.8 Å². The molecule has 1 aliphatic carbocycles. The topological polar surface area (TPSA) is 58.2 Å². The third-order valence-corrected chi connectivity index (χ3v) is 4.93. The monoisotopic (exact) mass is 356 g/mol. The number of aryl methyl sites for hydroxylation is 3. The molecule has 1 fully saturated rings. The van der Waals surface area contributed by atoms with Crippen molar-refractivity contribution in [3.05, 3.63) is 58.1 Å². The fourth-order valence-corrected chi connectivity index (χ4v) is 3.03. The molecule has 3 rings (SSSR count). The Kier molecular flexibility index (Phi) is 4.56. The van der Waals surface area contributed by atoms with E-state index in [1.165, 1.54) is 0 Å². The molecule has 2 aromatic rings. The highest BCUT2D eigenvalue weighted by Gasteiger charge is 2.56. The van der Waals surface area contributed by atoms with Crippen LogP contribution in [0.25, 0.3) is 0 Å². The Morgan fingerprint density at radius 1 is 0.880 bits per heavy atom. The molecule has 0 atom stereocenters. The van der Waals surface area contributed by atoms with E-state index < -0.39 is 5.41 Å². The lowest BCUT2D eigenvalue weighted by molar-refractivity contribution is -0.131. The standard InChI is InChI=1S/C20H21ClN2O2/c1-12-4-5-13(2)17(10-12)23-19(25)20(8-9-20)18(24)22-16-7-6-15(21)11-14(16)3/h4-7,10-11H,8-9H2,1-3H3,(H,22,24)(H,23,25). The first-order valence-electron chi connectivity index (χ1n) is 8.28. The van der Waals surface area contributed by atoms with Crippen molar-refractivity contribution in [2.24, 2.45) is 5.41 Å². The number of amides is 2. The molecule has 0 unspecified atom stereocenters. The molecule has 0 radical (unpaired) electrons. The Labute approximate surface area is 152 Å². The molecule has 25 heavy (non-hydrogen) atoms. The molecule has 2 amide bonds. The first-order valence-corrected chi connectivity index (χ1v) is 8.66. The molecule has 130 valence electrons. The van der Waals surface area contributed by atoms with Crippen LogP contribution in [0.15, 0.2) is 36.4 Å². The summed E-state index contributed by atoms with van der Waals surface area (Å²) in [6.45, 7) is 5.78. The van der Waals surface area contributed by atoms with E-state index in [0.717, 1.165) is 22.4 Å². The minimum atomic E-state index is -0.984. The lowest BCUT2D eigenvalue weighted by Gasteiger charge is -2.17. The Balaban J connectivity index is 1.75. The fraction of sp³-hybridized carbons (Fsp3) is 0.300. The highest BCUT2D eigenvalue weighted by atomic mass is 35.5. The van der Waals surface area contributed by atoms with Crippen LogP contribution < -0.4 is 10.6 Å². The molecule has 2 aromatic carbocycles. The van der Waals surface area contributed by atoms with Crippen molar-refractivity contribution in [2.75, 3.05) is 10.6 Å². The first kappa shape index (κ1) is 17.5. The van der Waals surface area contributed by atoms with E-state index in [0.29, 0.717) is 23.6 Å². The van der Waals surface area contributed by atoms with Gasteiger partial charge in [0.15, 0.2) is 0 Å². The van der Waals surface area contributed by atoms with E-state index in [1.54, 1.807) is 18.2 Å². The van der Waals surface area contributed by atoms with Gasteiger partial charge in [0.1, 0.15) is 5.41 Å². The summed E-state index contributed by atoms with van der Waals surface area (Å²) in [5.41, 5.74) is 3.36. The van der Waals surface area contributed by atoms with Crippen LogP contribution in [0.4, 0.5) is 11.4 Å². The van der Waals surface area contributed by atoms with Gasteiger partial charge in [-0.1, -0.05) is 23.7 Å². The van der Waals surface area contributed by atoms with Crippen LogP contribution >= 0.6 is 11.6 Å². The number of halogens is 1. The summed E-state index contributed by atoms with van der Waals surface area (Å²) in [6.07, 6.45) is 1.12. The number of rotatable bonds is 4. The lowest BCUT2D eigenvalue weighted by atomic mass is 10.0. The minimum Gasteiger partial charge on any atom is -0.325 e. The predicted octanol–water partition coefficient (Wildman–Crippen LogP) is 4.62. The van der Waals surface area contributed by atoms with Gasteiger partial charge in [0.25, 0.3) is 0 Å². The zero-order chi connectivity index (χ0) is 18.2. The number of anilines is 2. The average Bonchev–Trinajstić information content (AvgIpc) is 3.35. The van der Waals surface area contributed by atoms with E-state index in [4.69, 9.17) is 11.6 Å². The molecule has 0 spiro atoms. The van der Waals surface area contributed by atoms with Crippen LogP contribution in [0.5, 0.6) is 0 Å². The van der Waals surface area contributed by atoms with Gasteiger partial charge >= 0.3 is 0 Å². The van der Waals surface area contributed by atoms with E-state index in [2.05, 4.69) is 10.6 Å². The minimum absolute atomic E-state index is 0.245. The second-order valence-corrected chi connectivity index (χ2v) is 7.20. The van der Waals surface area contributed by atoms with Crippen LogP contribution in [0.3, 0.4) is 0 Å². The molecule has 1 saturated carbocycles. The summed E-state index contributed by atoms with van der Waals surface area (Å²) >= 11 is 5.95. The van der Waals surface area contributed by atoms with Crippen molar-refractivity contribution in [3.8, 4) is 0 Å². The van der Waals surface area contributed by atoms with Crippen LogP contribution in [0.1, 0.15) is 29.5 Å². The molecular formula is C20H21ClN2O2. The summed E-state index contributed by atoms with van der Waals surface area (Å²) in [5.74, 6) is -0.508. The van der Waals surface area contributed by atoms with Gasteiger partial charge in [0, 0.05) is 16.4 Å². The maximum Gasteiger partial charge on any atom is 0.240 e. The van der Waals surface area contributed by atoms with Gasteiger partial charge in [-0.2, -0.15) is 0 Å². The molecule has 2 N–H and O–H groups in total. The predicted molar refractivity (Wildman–Crippen MR) is 101 cm³/mol.